The van der Waals surface area contributed by atoms with Crippen molar-refractivity contribution in [3.63, 3.8) is 0 Å². The molecule has 2 N–H and O–H groups in total. The molecule has 228 valence electrons. The van der Waals surface area contributed by atoms with Crippen molar-refractivity contribution in [3.05, 3.63) is 113 Å². The number of benzene rings is 3. The molecule has 3 heterocycles. The van der Waals surface area contributed by atoms with Gasteiger partial charge in [0.2, 0.25) is 0 Å². The number of rotatable bonds is 12. The van der Waals surface area contributed by atoms with E-state index in [-0.39, 0.29) is 18.7 Å². The molecule has 1 atom stereocenters. The molecule has 0 radical (unpaired) electrons. The zero-order valence-electron chi connectivity index (χ0n) is 25.0. The van der Waals surface area contributed by atoms with Gasteiger partial charge in [-0.3, -0.25) is 0 Å². The molecule has 0 spiro atoms. The second kappa shape index (κ2) is 12.7. The molecule has 1 aliphatic rings. The minimum Gasteiger partial charge on any atom is -0.497 e. The molecular weight excluding hydrogens is 568 g/mol. The summed E-state index contributed by atoms with van der Waals surface area (Å²) in [6, 6.07) is 24.0. The molecule has 1 aliphatic carbocycles. The third-order valence-electron chi connectivity index (χ3n) is 8.03. The molecule has 6 aromatic rings. The van der Waals surface area contributed by atoms with E-state index in [1.54, 1.807) is 18.1 Å². The van der Waals surface area contributed by atoms with Crippen molar-refractivity contribution in [1.29, 1.82) is 0 Å². The summed E-state index contributed by atoms with van der Waals surface area (Å²) in [5.41, 5.74) is 6.79. The lowest BCUT2D eigenvalue weighted by molar-refractivity contribution is 0.273. The number of fused-ring (bicyclic) bond motifs is 2. The molecule has 3 aromatic heterocycles. The van der Waals surface area contributed by atoms with E-state index in [4.69, 9.17) is 19.4 Å². The number of methoxy groups -OCH3 is 1. The number of hydrogen-bond acceptors (Lipinski definition) is 9. The highest BCUT2D eigenvalue weighted by Gasteiger charge is 2.20. The number of ether oxygens (including phenoxy) is 2. The molecule has 0 amide bonds. The summed E-state index contributed by atoms with van der Waals surface area (Å²) in [4.78, 5) is 14.2. The summed E-state index contributed by atoms with van der Waals surface area (Å²) in [5.74, 6) is 2.00. The van der Waals surface area contributed by atoms with Gasteiger partial charge in [0, 0.05) is 0 Å². The first kappa shape index (κ1) is 28.5. The number of aliphatic hydroxyl groups excluding tert-OH is 1. The Morgan fingerprint density at radius 1 is 0.911 bits per heavy atom. The molecule has 11 heteroatoms. The van der Waals surface area contributed by atoms with Crippen molar-refractivity contribution in [3.8, 4) is 17.5 Å². The second-order valence-electron chi connectivity index (χ2n) is 11.3. The van der Waals surface area contributed by atoms with Gasteiger partial charge in [-0.15, -0.1) is 5.10 Å². The molecule has 45 heavy (non-hydrogen) atoms. The van der Waals surface area contributed by atoms with Crippen molar-refractivity contribution < 1.29 is 14.6 Å². The van der Waals surface area contributed by atoms with Gasteiger partial charge in [0.15, 0.2) is 17.0 Å². The maximum Gasteiger partial charge on any atom is 0.326 e. The predicted molar refractivity (Wildman–Crippen MR) is 170 cm³/mol. The number of aromatic nitrogens is 7. The van der Waals surface area contributed by atoms with Crippen LogP contribution in [-0.4, -0.2) is 59.4 Å². The predicted octanol–water partition coefficient (Wildman–Crippen LogP) is 4.82. The largest absolute Gasteiger partial charge is 0.497 e. The highest BCUT2D eigenvalue weighted by atomic mass is 16.5. The van der Waals surface area contributed by atoms with Crippen LogP contribution < -0.4 is 14.8 Å². The Balaban J connectivity index is 1.17. The van der Waals surface area contributed by atoms with Crippen molar-refractivity contribution in [2.45, 2.75) is 44.8 Å². The normalized spacial score (nSPS) is 13.1. The average Bonchev–Trinajstić information content (AvgIpc) is 3.82. The fourth-order valence-corrected chi connectivity index (χ4v) is 5.74. The van der Waals surface area contributed by atoms with Gasteiger partial charge in [-0.05, 0) is 72.2 Å². The quantitative estimate of drug-likeness (QED) is 0.203. The van der Waals surface area contributed by atoms with Gasteiger partial charge in [-0.25, -0.2) is 9.67 Å². The zero-order chi connectivity index (χ0) is 30.6. The summed E-state index contributed by atoms with van der Waals surface area (Å²) in [5, 5.41) is 22.4. The van der Waals surface area contributed by atoms with Gasteiger partial charge in [-0.1, -0.05) is 53.7 Å². The standard InChI is InChI=1S/C34H34N8O3/c1-44-29-13-10-24(11-14-29)18-42-20-28(39-40-42)19-41-22-35-31-32(36-27(21-43)16-23-6-3-2-4-7-23)37-34(38-33(31)41)45-30-15-12-25-8-5-9-26(25)17-30/h2-4,6-7,10-15,17,20,22,27,43H,5,8-9,16,18-19,21H2,1H3,(H,36,37,38)/t27-/m0/s1. The first-order valence-corrected chi connectivity index (χ1v) is 15.1. The Morgan fingerprint density at radius 3 is 2.56 bits per heavy atom. The summed E-state index contributed by atoms with van der Waals surface area (Å²) >= 11 is 0. The molecule has 7 rings (SSSR count). The summed E-state index contributed by atoms with van der Waals surface area (Å²) in [6.07, 6.45) is 7.55. The number of imidazole rings is 1. The third kappa shape index (κ3) is 6.48. The van der Waals surface area contributed by atoms with Gasteiger partial charge in [0.1, 0.15) is 17.2 Å². The highest BCUT2D eigenvalue weighted by molar-refractivity contribution is 5.83. The van der Waals surface area contributed by atoms with Crippen molar-refractivity contribution >= 4 is 17.0 Å². The van der Waals surface area contributed by atoms with Crippen LogP contribution in [0, 0.1) is 0 Å². The smallest absolute Gasteiger partial charge is 0.326 e. The first-order valence-electron chi connectivity index (χ1n) is 15.1. The lowest BCUT2D eigenvalue weighted by Crippen LogP contribution is -2.27. The van der Waals surface area contributed by atoms with E-state index in [0.29, 0.717) is 42.2 Å². The number of aliphatic hydroxyl groups is 1. The van der Waals surface area contributed by atoms with Crippen LogP contribution in [0.5, 0.6) is 17.5 Å². The van der Waals surface area contributed by atoms with Crippen molar-refractivity contribution in [2.24, 2.45) is 0 Å². The highest BCUT2D eigenvalue weighted by Crippen LogP contribution is 2.30. The molecule has 0 bridgehead atoms. The van der Waals surface area contributed by atoms with Crippen LogP contribution in [0.25, 0.3) is 11.2 Å². The number of nitrogens with one attached hydrogen (secondary N) is 1. The maximum absolute atomic E-state index is 10.3. The Bertz CT molecular complexity index is 1900. The fraction of sp³-hybridized carbons (Fsp3) is 0.265. The Kier molecular flexibility index (Phi) is 8.07. The minimum atomic E-state index is -0.290. The van der Waals surface area contributed by atoms with Crippen molar-refractivity contribution in [2.75, 3.05) is 19.0 Å². The Labute approximate surface area is 260 Å². The SMILES string of the molecule is COc1ccc(Cn2cc(Cn3cnc4c(N[C@H](CO)Cc5ccccc5)nc(Oc5ccc6c(c5)CCC6)nc43)nn2)cc1. The summed E-state index contributed by atoms with van der Waals surface area (Å²) in [6.45, 7) is 0.904. The van der Waals surface area contributed by atoms with E-state index in [0.717, 1.165) is 41.8 Å². The molecule has 0 aliphatic heterocycles. The maximum atomic E-state index is 10.3. The first-order chi connectivity index (χ1) is 22.1. The van der Waals surface area contributed by atoms with Crippen LogP contribution in [0.15, 0.2) is 85.3 Å². The van der Waals surface area contributed by atoms with Crippen LogP contribution in [0.2, 0.25) is 0 Å². The molecule has 3 aromatic carbocycles. The number of aryl methyl sites for hydroxylation is 2. The van der Waals surface area contributed by atoms with E-state index >= 15 is 0 Å². The van der Waals surface area contributed by atoms with Gasteiger partial charge in [-0.2, -0.15) is 9.97 Å². The summed E-state index contributed by atoms with van der Waals surface area (Å²) < 4.78 is 15.2. The van der Waals surface area contributed by atoms with Crippen LogP contribution in [0.4, 0.5) is 5.82 Å². The van der Waals surface area contributed by atoms with Crippen LogP contribution in [0.1, 0.15) is 34.4 Å². The third-order valence-corrected chi connectivity index (χ3v) is 8.03. The van der Waals surface area contributed by atoms with Gasteiger partial charge in [0.25, 0.3) is 0 Å². The zero-order valence-corrected chi connectivity index (χ0v) is 25.0. The molecule has 0 saturated carbocycles. The van der Waals surface area contributed by atoms with Gasteiger partial charge >= 0.3 is 6.01 Å². The molecule has 11 nitrogen and oxygen atoms in total. The van der Waals surface area contributed by atoms with Crippen LogP contribution in [0.3, 0.4) is 0 Å². The average molecular weight is 603 g/mol. The lowest BCUT2D eigenvalue weighted by Gasteiger charge is -2.18. The second-order valence-corrected chi connectivity index (χ2v) is 11.3. The number of anilines is 1. The topological polar surface area (TPSA) is 125 Å². The van der Waals surface area contributed by atoms with E-state index in [1.165, 1.54) is 11.1 Å². The molecule has 0 saturated heterocycles. The number of nitrogens with zero attached hydrogens (tertiary/aromatic N) is 7. The fourth-order valence-electron chi connectivity index (χ4n) is 5.74. The van der Waals surface area contributed by atoms with E-state index in [1.807, 2.05) is 71.4 Å². The summed E-state index contributed by atoms with van der Waals surface area (Å²) in [7, 11) is 1.65. The van der Waals surface area contributed by atoms with E-state index in [2.05, 4.69) is 32.7 Å². The molecular formula is C34H34N8O3. The lowest BCUT2D eigenvalue weighted by atomic mass is 10.1. The molecule has 0 unspecified atom stereocenters. The number of hydrogen-bond donors (Lipinski definition) is 2. The van der Waals surface area contributed by atoms with Crippen LogP contribution in [-0.2, 0) is 32.4 Å². The monoisotopic (exact) mass is 602 g/mol. The van der Waals surface area contributed by atoms with Crippen LogP contribution >= 0.6 is 0 Å². The molecule has 0 fully saturated rings. The minimum absolute atomic E-state index is 0.0839. The van der Waals surface area contributed by atoms with Crippen molar-refractivity contribution in [1.82, 2.24) is 34.5 Å². The Morgan fingerprint density at radius 2 is 1.73 bits per heavy atom. The van der Waals surface area contributed by atoms with Gasteiger partial charge < -0.3 is 24.5 Å². The van der Waals surface area contributed by atoms with E-state index < -0.39 is 0 Å². The van der Waals surface area contributed by atoms with E-state index in [9.17, 15) is 5.11 Å². The van der Waals surface area contributed by atoms with Gasteiger partial charge in [0.05, 0.1) is 45.4 Å². The Hall–Kier alpha value is -5.29.